The van der Waals surface area contributed by atoms with Crippen LogP contribution < -0.4 is 4.72 Å². The minimum Gasteiger partial charge on any atom is -0.341 e. The topological polar surface area (TPSA) is 66.5 Å². The Morgan fingerprint density at radius 3 is 2.58 bits per heavy atom. The minimum atomic E-state index is -3.71. The Kier molecular flexibility index (Phi) is 5.05. The molecule has 0 aliphatic heterocycles. The number of amides is 1. The van der Waals surface area contributed by atoms with E-state index in [4.69, 9.17) is 0 Å². The fraction of sp³-hybridized carbons (Fsp3) is 0.350. The zero-order chi connectivity index (χ0) is 18.9. The Morgan fingerprint density at radius 1 is 1.15 bits per heavy atom. The molecule has 3 rings (SSSR count). The molecule has 0 aromatic heterocycles. The van der Waals surface area contributed by atoms with E-state index < -0.39 is 10.0 Å². The number of benzene rings is 2. The summed E-state index contributed by atoms with van der Waals surface area (Å²) in [6, 6.07) is 12.0. The first kappa shape index (κ1) is 18.5. The standard InChI is InChI=1S/C20H24N2O3S/c1-14-7-8-15(2)19(11-14)26(24,25)21-18-6-4-5-17(12-18)20(23)22(3)13-16-9-10-16/h4-8,11-12,16,21H,9-10,13H2,1-3H3. The van der Waals surface area contributed by atoms with E-state index in [-0.39, 0.29) is 10.8 Å². The highest BCUT2D eigenvalue weighted by atomic mass is 32.2. The van der Waals surface area contributed by atoms with Gasteiger partial charge in [0.2, 0.25) is 0 Å². The first-order chi connectivity index (χ1) is 12.3. The molecule has 0 unspecified atom stereocenters. The van der Waals surface area contributed by atoms with E-state index in [0.717, 1.165) is 12.1 Å². The van der Waals surface area contributed by atoms with Gasteiger partial charge in [-0.3, -0.25) is 9.52 Å². The number of rotatable bonds is 6. The van der Waals surface area contributed by atoms with Gasteiger partial charge in [0.25, 0.3) is 15.9 Å². The average molecular weight is 372 g/mol. The molecule has 1 fully saturated rings. The van der Waals surface area contributed by atoms with Crippen molar-refractivity contribution in [3.63, 3.8) is 0 Å². The Labute approximate surface area is 155 Å². The van der Waals surface area contributed by atoms with Crippen LogP contribution in [0.4, 0.5) is 5.69 Å². The Morgan fingerprint density at radius 2 is 1.88 bits per heavy atom. The van der Waals surface area contributed by atoms with Gasteiger partial charge in [-0.25, -0.2) is 8.42 Å². The molecule has 0 bridgehead atoms. The summed E-state index contributed by atoms with van der Waals surface area (Å²) >= 11 is 0. The zero-order valence-electron chi connectivity index (χ0n) is 15.3. The fourth-order valence-electron chi connectivity index (χ4n) is 2.91. The second kappa shape index (κ2) is 7.11. The molecule has 1 aliphatic carbocycles. The van der Waals surface area contributed by atoms with Crippen LogP contribution in [0.1, 0.15) is 34.3 Å². The molecule has 1 amide bonds. The summed E-state index contributed by atoms with van der Waals surface area (Å²) in [5.74, 6) is 0.514. The van der Waals surface area contributed by atoms with Crippen molar-refractivity contribution >= 4 is 21.6 Å². The number of sulfonamides is 1. The molecule has 138 valence electrons. The molecular weight excluding hydrogens is 348 g/mol. The lowest BCUT2D eigenvalue weighted by Crippen LogP contribution is -2.28. The van der Waals surface area contributed by atoms with Crippen LogP contribution in [0.3, 0.4) is 0 Å². The number of hydrogen-bond acceptors (Lipinski definition) is 3. The van der Waals surface area contributed by atoms with Crippen LogP contribution in [-0.4, -0.2) is 32.8 Å². The molecule has 0 saturated heterocycles. The molecule has 0 radical (unpaired) electrons. The van der Waals surface area contributed by atoms with Gasteiger partial charge >= 0.3 is 0 Å². The first-order valence-corrected chi connectivity index (χ1v) is 10.2. The molecule has 0 spiro atoms. The number of carbonyl (C=O) groups is 1. The van der Waals surface area contributed by atoms with E-state index >= 15 is 0 Å². The molecule has 1 saturated carbocycles. The smallest absolute Gasteiger partial charge is 0.262 e. The average Bonchev–Trinajstić information content (AvgIpc) is 3.40. The van der Waals surface area contributed by atoms with Crippen LogP contribution >= 0.6 is 0 Å². The maximum atomic E-state index is 12.7. The van der Waals surface area contributed by atoms with Crippen LogP contribution in [0.15, 0.2) is 47.4 Å². The maximum Gasteiger partial charge on any atom is 0.262 e. The number of carbonyl (C=O) groups excluding carboxylic acids is 1. The highest BCUT2D eigenvalue weighted by Gasteiger charge is 2.25. The lowest BCUT2D eigenvalue weighted by molar-refractivity contribution is 0.0788. The molecule has 0 atom stereocenters. The molecule has 2 aromatic rings. The van der Waals surface area contributed by atoms with Gasteiger partial charge in [0.1, 0.15) is 0 Å². The zero-order valence-corrected chi connectivity index (χ0v) is 16.1. The second-order valence-corrected chi connectivity index (χ2v) is 8.74. The molecular formula is C20H24N2O3S. The van der Waals surface area contributed by atoms with Crippen LogP contribution in [0.2, 0.25) is 0 Å². The molecule has 0 heterocycles. The third-order valence-electron chi connectivity index (χ3n) is 4.57. The van der Waals surface area contributed by atoms with E-state index in [1.165, 1.54) is 12.8 Å². The normalized spacial score (nSPS) is 14.1. The van der Waals surface area contributed by atoms with Crippen molar-refractivity contribution in [3.8, 4) is 0 Å². The summed E-state index contributed by atoms with van der Waals surface area (Å²) in [5, 5.41) is 0. The number of nitrogens with zero attached hydrogens (tertiary/aromatic N) is 1. The summed E-state index contributed by atoms with van der Waals surface area (Å²) < 4.78 is 28.1. The molecule has 2 aromatic carbocycles. The number of hydrogen-bond donors (Lipinski definition) is 1. The van der Waals surface area contributed by atoms with Crippen LogP contribution in [0.25, 0.3) is 0 Å². The van der Waals surface area contributed by atoms with Crippen molar-refractivity contribution < 1.29 is 13.2 Å². The lowest BCUT2D eigenvalue weighted by Gasteiger charge is -2.17. The summed E-state index contributed by atoms with van der Waals surface area (Å²) in [6.07, 6.45) is 2.35. The maximum absolute atomic E-state index is 12.7. The van der Waals surface area contributed by atoms with Crippen molar-refractivity contribution in [1.29, 1.82) is 0 Å². The Hall–Kier alpha value is -2.34. The predicted molar refractivity (Wildman–Crippen MR) is 103 cm³/mol. The third-order valence-corrected chi connectivity index (χ3v) is 6.09. The van der Waals surface area contributed by atoms with Crippen molar-refractivity contribution in [3.05, 3.63) is 59.2 Å². The molecule has 26 heavy (non-hydrogen) atoms. The fourth-order valence-corrected chi connectivity index (χ4v) is 4.29. The van der Waals surface area contributed by atoms with Crippen LogP contribution in [-0.2, 0) is 10.0 Å². The van der Waals surface area contributed by atoms with E-state index in [2.05, 4.69) is 4.72 Å². The Bertz CT molecular complexity index is 934. The summed E-state index contributed by atoms with van der Waals surface area (Å²) in [5.41, 5.74) is 2.42. The van der Waals surface area contributed by atoms with E-state index in [0.29, 0.717) is 22.7 Å². The first-order valence-electron chi connectivity index (χ1n) is 8.72. The molecule has 6 heteroatoms. The van der Waals surface area contributed by atoms with Gasteiger partial charge in [0.15, 0.2) is 0 Å². The second-order valence-electron chi connectivity index (χ2n) is 7.08. The molecule has 5 nitrogen and oxygen atoms in total. The molecule has 1 aliphatic rings. The van der Waals surface area contributed by atoms with Crippen molar-refractivity contribution in [1.82, 2.24) is 4.90 Å². The van der Waals surface area contributed by atoms with E-state index in [1.807, 2.05) is 13.0 Å². The number of nitrogens with one attached hydrogen (secondary N) is 1. The number of anilines is 1. The van der Waals surface area contributed by atoms with Gasteiger partial charge in [0.05, 0.1) is 4.90 Å². The largest absolute Gasteiger partial charge is 0.341 e. The summed E-state index contributed by atoms with van der Waals surface area (Å²) in [7, 11) is -1.93. The minimum absolute atomic E-state index is 0.0929. The van der Waals surface area contributed by atoms with Crippen molar-refractivity contribution in [2.75, 3.05) is 18.3 Å². The van der Waals surface area contributed by atoms with Gasteiger partial charge in [-0.2, -0.15) is 0 Å². The third kappa shape index (κ3) is 4.25. The monoisotopic (exact) mass is 372 g/mol. The van der Waals surface area contributed by atoms with Gasteiger partial charge in [0, 0.05) is 24.8 Å². The van der Waals surface area contributed by atoms with Crippen molar-refractivity contribution in [2.45, 2.75) is 31.6 Å². The van der Waals surface area contributed by atoms with Crippen LogP contribution in [0.5, 0.6) is 0 Å². The number of aryl methyl sites for hydroxylation is 2. The Balaban J connectivity index is 1.81. The quantitative estimate of drug-likeness (QED) is 0.843. The van der Waals surface area contributed by atoms with Gasteiger partial charge < -0.3 is 4.90 Å². The van der Waals surface area contributed by atoms with E-state index in [9.17, 15) is 13.2 Å². The summed E-state index contributed by atoms with van der Waals surface area (Å²) in [6.45, 7) is 4.37. The lowest BCUT2D eigenvalue weighted by atomic mass is 10.2. The summed E-state index contributed by atoms with van der Waals surface area (Å²) in [4.78, 5) is 14.5. The van der Waals surface area contributed by atoms with Gasteiger partial charge in [-0.1, -0.05) is 18.2 Å². The highest BCUT2D eigenvalue weighted by Crippen LogP contribution is 2.30. The molecule has 1 N–H and O–H groups in total. The van der Waals surface area contributed by atoms with Crippen molar-refractivity contribution in [2.24, 2.45) is 5.92 Å². The van der Waals surface area contributed by atoms with E-state index in [1.54, 1.807) is 55.3 Å². The SMILES string of the molecule is Cc1ccc(C)c(S(=O)(=O)Nc2cccc(C(=O)N(C)CC3CC3)c2)c1. The van der Waals surface area contributed by atoms with Gasteiger partial charge in [-0.05, 0) is 68.0 Å². The van der Waals surface area contributed by atoms with Gasteiger partial charge in [-0.15, -0.1) is 0 Å². The van der Waals surface area contributed by atoms with Crippen LogP contribution in [0, 0.1) is 19.8 Å². The highest BCUT2D eigenvalue weighted by molar-refractivity contribution is 7.92. The predicted octanol–water partition coefficient (Wildman–Crippen LogP) is 3.59.